The number of likely N-dealkylation sites (N-methyl/N-ethyl adjacent to an activating group) is 1. The molecule has 20 heavy (non-hydrogen) atoms. The van der Waals surface area contributed by atoms with E-state index in [4.69, 9.17) is 0 Å². The van der Waals surface area contributed by atoms with Crippen LogP contribution in [0.1, 0.15) is 23.2 Å². The third-order valence-corrected chi connectivity index (χ3v) is 3.44. The molecule has 1 aliphatic rings. The molecule has 1 atom stereocenters. The van der Waals surface area contributed by atoms with Crippen LogP contribution in [0.4, 0.5) is 0 Å². The second-order valence-electron chi connectivity index (χ2n) is 5.22. The van der Waals surface area contributed by atoms with Gasteiger partial charge in [-0.05, 0) is 38.6 Å². The van der Waals surface area contributed by atoms with Crippen molar-refractivity contribution in [3.63, 3.8) is 0 Å². The van der Waals surface area contributed by atoms with Gasteiger partial charge in [0, 0.05) is 18.2 Å². The number of piperidine rings is 1. The summed E-state index contributed by atoms with van der Waals surface area (Å²) in [5.41, 5.74) is 0.567. The predicted molar refractivity (Wildman–Crippen MR) is 77.4 cm³/mol. The van der Waals surface area contributed by atoms with Gasteiger partial charge in [-0.1, -0.05) is 18.2 Å². The van der Waals surface area contributed by atoms with Crippen molar-refractivity contribution in [2.24, 2.45) is 0 Å². The first-order valence-electron chi connectivity index (χ1n) is 6.96. The summed E-state index contributed by atoms with van der Waals surface area (Å²) in [6.45, 7) is 1.98. The zero-order valence-corrected chi connectivity index (χ0v) is 11.8. The number of hydrogen-bond donors (Lipinski definition) is 2. The fourth-order valence-corrected chi connectivity index (χ4v) is 2.42. The Morgan fingerprint density at radius 2 is 2.05 bits per heavy atom. The van der Waals surface area contributed by atoms with Crippen LogP contribution in [0.2, 0.25) is 0 Å². The first-order valence-corrected chi connectivity index (χ1v) is 6.96. The predicted octanol–water partition coefficient (Wildman–Crippen LogP) is 0.627. The minimum atomic E-state index is -0.221. The molecule has 1 aliphatic heterocycles. The van der Waals surface area contributed by atoms with Gasteiger partial charge < -0.3 is 15.5 Å². The van der Waals surface area contributed by atoms with E-state index < -0.39 is 0 Å². The molecular weight excluding hydrogens is 254 g/mol. The van der Waals surface area contributed by atoms with Crippen molar-refractivity contribution in [3.05, 3.63) is 35.9 Å². The lowest BCUT2D eigenvalue weighted by Crippen LogP contribution is -2.49. The van der Waals surface area contributed by atoms with Crippen LogP contribution < -0.4 is 10.6 Å². The van der Waals surface area contributed by atoms with Gasteiger partial charge in [0.2, 0.25) is 5.91 Å². The molecule has 2 N–H and O–H groups in total. The van der Waals surface area contributed by atoms with Crippen molar-refractivity contribution >= 4 is 11.8 Å². The quantitative estimate of drug-likeness (QED) is 0.847. The molecule has 2 amide bonds. The summed E-state index contributed by atoms with van der Waals surface area (Å²) < 4.78 is 0. The lowest BCUT2D eigenvalue weighted by Gasteiger charge is -2.30. The van der Waals surface area contributed by atoms with Crippen molar-refractivity contribution in [3.8, 4) is 0 Å². The van der Waals surface area contributed by atoms with Crippen molar-refractivity contribution in [1.82, 2.24) is 15.5 Å². The maximum Gasteiger partial charge on any atom is 0.251 e. The largest absolute Gasteiger partial charge is 0.351 e. The summed E-state index contributed by atoms with van der Waals surface area (Å²) in [6.07, 6.45) is 2.10. The third kappa shape index (κ3) is 4.35. The SMILES string of the molecule is CN1CCCC(NC(=O)CNC(=O)c2ccccc2)C1. The highest BCUT2D eigenvalue weighted by Gasteiger charge is 2.19. The highest BCUT2D eigenvalue weighted by atomic mass is 16.2. The Balaban J connectivity index is 1.73. The number of benzene rings is 1. The van der Waals surface area contributed by atoms with Crippen molar-refractivity contribution < 1.29 is 9.59 Å². The van der Waals surface area contributed by atoms with Crippen LogP contribution in [0.15, 0.2) is 30.3 Å². The van der Waals surface area contributed by atoms with E-state index in [0.29, 0.717) is 5.56 Å². The van der Waals surface area contributed by atoms with Crippen LogP contribution in [0, 0.1) is 0 Å². The monoisotopic (exact) mass is 275 g/mol. The van der Waals surface area contributed by atoms with E-state index in [1.807, 2.05) is 6.07 Å². The Bertz CT molecular complexity index is 461. The first-order chi connectivity index (χ1) is 9.65. The lowest BCUT2D eigenvalue weighted by molar-refractivity contribution is -0.121. The second kappa shape index (κ2) is 7.05. The topological polar surface area (TPSA) is 61.4 Å². The Morgan fingerprint density at radius 3 is 2.75 bits per heavy atom. The van der Waals surface area contributed by atoms with Gasteiger partial charge in [0.25, 0.3) is 5.91 Å². The van der Waals surface area contributed by atoms with E-state index in [1.54, 1.807) is 24.3 Å². The standard InChI is InChI=1S/C15H21N3O2/c1-18-9-5-8-13(11-18)17-14(19)10-16-15(20)12-6-3-2-4-7-12/h2-4,6-7,13H,5,8-11H2,1H3,(H,16,20)(H,17,19). The normalized spacial score (nSPS) is 19.4. The van der Waals surface area contributed by atoms with Crippen molar-refractivity contribution in [2.45, 2.75) is 18.9 Å². The number of hydrogen-bond acceptors (Lipinski definition) is 3. The van der Waals surface area contributed by atoms with Crippen LogP contribution in [-0.2, 0) is 4.79 Å². The van der Waals surface area contributed by atoms with Crippen molar-refractivity contribution in [1.29, 1.82) is 0 Å². The number of nitrogens with one attached hydrogen (secondary N) is 2. The molecule has 0 saturated carbocycles. The average molecular weight is 275 g/mol. The molecule has 1 unspecified atom stereocenters. The van der Waals surface area contributed by atoms with E-state index in [0.717, 1.165) is 25.9 Å². The summed E-state index contributed by atoms with van der Waals surface area (Å²) in [5.74, 6) is -0.351. The molecule has 2 rings (SSSR count). The van der Waals surface area contributed by atoms with Crippen LogP contribution in [0.5, 0.6) is 0 Å². The van der Waals surface area contributed by atoms with Crippen LogP contribution in [-0.4, -0.2) is 49.4 Å². The molecule has 1 saturated heterocycles. The highest BCUT2D eigenvalue weighted by molar-refractivity contribution is 5.96. The first kappa shape index (κ1) is 14.5. The molecule has 0 bridgehead atoms. The van der Waals surface area contributed by atoms with E-state index in [1.165, 1.54) is 0 Å². The molecule has 0 radical (unpaired) electrons. The minimum absolute atomic E-state index is 0.0218. The van der Waals surface area contributed by atoms with Crippen LogP contribution in [0.3, 0.4) is 0 Å². The Labute approximate surface area is 119 Å². The molecular formula is C15H21N3O2. The van der Waals surface area contributed by atoms with Crippen LogP contribution in [0.25, 0.3) is 0 Å². The average Bonchev–Trinajstić information content (AvgIpc) is 2.46. The molecule has 108 valence electrons. The van der Waals surface area contributed by atoms with Gasteiger partial charge in [0.15, 0.2) is 0 Å². The number of amides is 2. The zero-order valence-electron chi connectivity index (χ0n) is 11.8. The summed E-state index contributed by atoms with van der Waals surface area (Å²) in [6, 6.07) is 9.09. The zero-order chi connectivity index (χ0) is 14.4. The van der Waals surface area contributed by atoms with Crippen molar-refractivity contribution in [2.75, 3.05) is 26.7 Å². The van der Waals surface area contributed by atoms with Gasteiger partial charge in [-0.2, -0.15) is 0 Å². The smallest absolute Gasteiger partial charge is 0.251 e. The van der Waals surface area contributed by atoms with Gasteiger partial charge in [0.1, 0.15) is 0 Å². The number of nitrogens with zero attached hydrogens (tertiary/aromatic N) is 1. The molecule has 0 spiro atoms. The van der Waals surface area contributed by atoms with E-state index in [9.17, 15) is 9.59 Å². The second-order valence-corrected chi connectivity index (χ2v) is 5.22. The summed E-state index contributed by atoms with van der Waals surface area (Å²) in [7, 11) is 2.05. The van der Waals surface area contributed by atoms with Gasteiger partial charge in [-0.25, -0.2) is 0 Å². The number of carbonyl (C=O) groups excluding carboxylic acids is 2. The number of likely N-dealkylation sites (tertiary alicyclic amines) is 1. The maximum atomic E-state index is 11.8. The molecule has 1 aromatic carbocycles. The molecule has 5 heteroatoms. The summed E-state index contributed by atoms with van der Waals surface area (Å²) in [5, 5.41) is 5.60. The highest BCUT2D eigenvalue weighted by Crippen LogP contribution is 2.07. The number of rotatable bonds is 4. The molecule has 0 aliphatic carbocycles. The van der Waals surface area contributed by atoms with E-state index in [-0.39, 0.29) is 24.4 Å². The summed E-state index contributed by atoms with van der Waals surface area (Å²) in [4.78, 5) is 25.8. The molecule has 1 aromatic rings. The Kier molecular flexibility index (Phi) is 5.12. The van der Waals surface area contributed by atoms with Gasteiger partial charge in [0.05, 0.1) is 6.54 Å². The Hall–Kier alpha value is -1.88. The third-order valence-electron chi connectivity index (χ3n) is 3.44. The van der Waals surface area contributed by atoms with Gasteiger partial charge in [-0.3, -0.25) is 9.59 Å². The van der Waals surface area contributed by atoms with Crippen LogP contribution >= 0.6 is 0 Å². The maximum absolute atomic E-state index is 11.8. The fourth-order valence-electron chi connectivity index (χ4n) is 2.42. The Morgan fingerprint density at radius 1 is 1.30 bits per heavy atom. The minimum Gasteiger partial charge on any atom is -0.351 e. The lowest BCUT2D eigenvalue weighted by atomic mass is 10.1. The van der Waals surface area contributed by atoms with Gasteiger partial charge in [-0.15, -0.1) is 0 Å². The fraction of sp³-hybridized carbons (Fsp3) is 0.467. The molecule has 0 aromatic heterocycles. The molecule has 1 fully saturated rings. The number of carbonyl (C=O) groups is 2. The molecule has 1 heterocycles. The van der Waals surface area contributed by atoms with Gasteiger partial charge >= 0.3 is 0 Å². The van der Waals surface area contributed by atoms with E-state index >= 15 is 0 Å². The van der Waals surface area contributed by atoms with E-state index in [2.05, 4.69) is 22.6 Å². The summed E-state index contributed by atoms with van der Waals surface area (Å²) >= 11 is 0. The molecule has 5 nitrogen and oxygen atoms in total.